The third kappa shape index (κ3) is 3.12. The van der Waals surface area contributed by atoms with Crippen molar-refractivity contribution in [3.63, 3.8) is 0 Å². The summed E-state index contributed by atoms with van der Waals surface area (Å²) < 4.78 is 0. The van der Waals surface area contributed by atoms with Crippen molar-refractivity contribution in [2.75, 3.05) is 26.7 Å². The van der Waals surface area contributed by atoms with Crippen LogP contribution in [0.3, 0.4) is 0 Å². The van der Waals surface area contributed by atoms with Crippen LogP contribution < -0.4 is 5.32 Å². The Morgan fingerprint density at radius 3 is 2.92 bits per heavy atom. The molecule has 1 atom stereocenters. The Bertz CT molecular complexity index is 217. The molecule has 1 heterocycles. The second kappa shape index (κ2) is 4.34. The summed E-state index contributed by atoms with van der Waals surface area (Å²) in [5.74, 6) is -0.690. The van der Waals surface area contributed by atoms with E-state index in [1.54, 1.807) is 11.9 Å². The van der Waals surface area contributed by atoms with Crippen LogP contribution in [-0.2, 0) is 9.59 Å². The van der Waals surface area contributed by atoms with Crippen LogP contribution in [0, 0.1) is 0 Å². The molecule has 13 heavy (non-hydrogen) atoms. The lowest BCUT2D eigenvalue weighted by molar-refractivity contribution is -0.138. The van der Waals surface area contributed by atoms with E-state index >= 15 is 0 Å². The fourth-order valence-corrected chi connectivity index (χ4v) is 1.43. The smallest absolute Gasteiger partial charge is 0.317 e. The quantitative estimate of drug-likeness (QED) is 0.585. The van der Waals surface area contributed by atoms with Gasteiger partial charge in [0, 0.05) is 19.5 Å². The van der Waals surface area contributed by atoms with Crippen molar-refractivity contribution in [2.45, 2.75) is 12.5 Å². The molecule has 1 rings (SSSR count). The number of nitrogens with zero attached hydrogens (tertiary/aromatic N) is 1. The monoisotopic (exact) mass is 186 g/mol. The predicted molar refractivity (Wildman–Crippen MR) is 46.5 cm³/mol. The summed E-state index contributed by atoms with van der Waals surface area (Å²) in [5.41, 5.74) is 0. The van der Waals surface area contributed by atoms with Gasteiger partial charge in [0.15, 0.2) is 5.78 Å². The second-order valence-corrected chi connectivity index (χ2v) is 3.31. The largest absolute Gasteiger partial charge is 0.480 e. The highest BCUT2D eigenvalue weighted by Gasteiger charge is 2.24. The molecule has 0 bridgehead atoms. The number of carbonyl (C=O) groups excluding carboxylic acids is 1. The van der Waals surface area contributed by atoms with Gasteiger partial charge in [-0.15, -0.1) is 0 Å². The van der Waals surface area contributed by atoms with Crippen LogP contribution >= 0.6 is 0 Å². The van der Waals surface area contributed by atoms with Crippen molar-refractivity contribution < 1.29 is 14.7 Å². The molecule has 2 N–H and O–H groups in total. The van der Waals surface area contributed by atoms with Gasteiger partial charge in [0.2, 0.25) is 0 Å². The van der Waals surface area contributed by atoms with Crippen molar-refractivity contribution in [3.8, 4) is 0 Å². The van der Waals surface area contributed by atoms with E-state index in [1.165, 1.54) is 0 Å². The first-order valence-electron chi connectivity index (χ1n) is 4.26. The Morgan fingerprint density at radius 2 is 2.46 bits per heavy atom. The van der Waals surface area contributed by atoms with E-state index in [-0.39, 0.29) is 18.4 Å². The van der Waals surface area contributed by atoms with Crippen LogP contribution in [0.25, 0.3) is 0 Å². The molecule has 0 aromatic rings. The number of rotatable bonds is 4. The summed E-state index contributed by atoms with van der Waals surface area (Å²) >= 11 is 0. The van der Waals surface area contributed by atoms with Gasteiger partial charge in [-0.25, -0.2) is 0 Å². The molecule has 0 amide bonds. The van der Waals surface area contributed by atoms with Gasteiger partial charge in [-0.3, -0.25) is 14.5 Å². The van der Waals surface area contributed by atoms with Crippen LogP contribution in [0.1, 0.15) is 6.42 Å². The minimum atomic E-state index is -0.868. The Kier molecular flexibility index (Phi) is 3.39. The molecule has 0 aromatic heterocycles. The summed E-state index contributed by atoms with van der Waals surface area (Å²) in [5, 5.41) is 11.5. The highest BCUT2D eigenvalue weighted by atomic mass is 16.4. The summed E-state index contributed by atoms with van der Waals surface area (Å²) in [6, 6.07) is -0.177. The third-order valence-electron chi connectivity index (χ3n) is 2.05. The zero-order chi connectivity index (χ0) is 9.84. The van der Waals surface area contributed by atoms with E-state index in [2.05, 4.69) is 5.32 Å². The Morgan fingerprint density at radius 1 is 1.77 bits per heavy atom. The number of carboxylic acids is 1. The number of nitrogens with one attached hydrogen (secondary N) is 1. The van der Waals surface area contributed by atoms with Gasteiger partial charge >= 0.3 is 5.97 Å². The van der Waals surface area contributed by atoms with E-state index < -0.39 is 5.97 Å². The molecular weight excluding hydrogens is 172 g/mol. The lowest BCUT2D eigenvalue weighted by Gasteiger charge is -2.17. The molecule has 1 saturated heterocycles. The molecule has 1 fully saturated rings. The van der Waals surface area contributed by atoms with Crippen LogP contribution in [0.15, 0.2) is 0 Å². The molecule has 0 aromatic carbocycles. The fraction of sp³-hybridized carbons (Fsp3) is 0.750. The number of hydrogen-bond donors (Lipinski definition) is 2. The van der Waals surface area contributed by atoms with E-state index in [4.69, 9.17) is 5.11 Å². The fourth-order valence-electron chi connectivity index (χ4n) is 1.43. The molecule has 0 spiro atoms. The molecular formula is C8H14N2O3. The number of carbonyl (C=O) groups is 2. The third-order valence-corrected chi connectivity index (χ3v) is 2.05. The average molecular weight is 186 g/mol. The number of hydrogen-bond acceptors (Lipinski definition) is 4. The summed E-state index contributed by atoms with van der Waals surface area (Å²) in [6.07, 6.45) is 0.561. The van der Waals surface area contributed by atoms with Gasteiger partial charge < -0.3 is 10.4 Å². The topological polar surface area (TPSA) is 69.6 Å². The maximum Gasteiger partial charge on any atom is 0.317 e. The maximum atomic E-state index is 11.2. The first-order valence-corrected chi connectivity index (χ1v) is 4.26. The van der Waals surface area contributed by atoms with Gasteiger partial charge in [-0.2, -0.15) is 0 Å². The Labute approximate surface area is 76.7 Å². The molecule has 0 radical (unpaired) electrons. The van der Waals surface area contributed by atoms with Crippen LogP contribution in [0.4, 0.5) is 0 Å². The summed E-state index contributed by atoms with van der Waals surface area (Å²) in [4.78, 5) is 23.1. The van der Waals surface area contributed by atoms with E-state index in [0.29, 0.717) is 19.5 Å². The predicted octanol–water partition coefficient (Wildman–Crippen LogP) is -1.07. The van der Waals surface area contributed by atoms with Crippen molar-refractivity contribution >= 4 is 11.8 Å². The Balaban J connectivity index is 2.30. The average Bonchev–Trinajstić information content (AvgIpc) is 2.34. The SMILES string of the molecule is CN(CC(=O)O)CC1NCCC1=O. The van der Waals surface area contributed by atoms with E-state index in [0.717, 1.165) is 0 Å². The van der Waals surface area contributed by atoms with Gasteiger partial charge in [-0.05, 0) is 7.05 Å². The van der Waals surface area contributed by atoms with E-state index in [1.807, 2.05) is 0 Å². The number of Topliss-reactive ketones (excluding diaryl/α,β-unsaturated/α-hetero) is 1. The van der Waals surface area contributed by atoms with Crippen LogP contribution in [0.5, 0.6) is 0 Å². The zero-order valence-electron chi connectivity index (χ0n) is 7.62. The Hall–Kier alpha value is -0.940. The molecule has 5 nitrogen and oxygen atoms in total. The molecule has 1 unspecified atom stereocenters. The minimum Gasteiger partial charge on any atom is -0.480 e. The molecule has 0 aliphatic carbocycles. The first-order chi connectivity index (χ1) is 6.09. The summed E-state index contributed by atoms with van der Waals surface area (Å²) in [6.45, 7) is 1.17. The highest BCUT2D eigenvalue weighted by molar-refractivity contribution is 5.86. The van der Waals surface area contributed by atoms with Crippen LogP contribution in [0.2, 0.25) is 0 Å². The summed E-state index contributed by atoms with van der Waals surface area (Å²) in [7, 11) is 1.70. The lowest BCUT2D eigenvalue weighted by atomic mass is 10.2. The normalized spacial score (nSPS) is 22.6. The highest BCUT2D eigenvalue weighted by Crippen LogP contribution is 2.01. The lowest BCUT2D eigenvalue weighted by Crippen LogP contribution is -2.41. The number of likely N-dealkylation sites (N-methyl/N-ethyl adjacent to an activating group) is 1. The van der Waals surface area contributed by atoms with Gasteiger partial charge in [-0.1, -0.05) is 0 Å². The van der Waals surface area contributed by atoms with Crippen molar-refractivity contribution in [3.05, 3.63) is 0 Å². The second-order valence-electron chi connectivity index (χ2n) is 3.31. The minimum absolute atomic E-state index is 0.0224. The van der Waals surface area contributed by atoms with E-state index in [9.17, 15) is 9.59 Å². The number of ketones is 1. The molecule has 1 aliphatic heterocycles. The first kappa shape index (κ1) is 10.1. The van der Waals surface area contributed by atoms with Crippen molar-refractivity contribution in [1.82, 2.24) is 10.2 Å². The van der Waals surface area contributed by atoms with Gasteiger partial charge in [0.05, 0.1) is 12.6 Å². The maximum absolute atomic E-state index is 11.2. The van der Waals surface area contributed by atoms with Crippen LogP contribution in [-0.4, -0.2) is 54.5 Å². The standard InChI is InChI=1S/C8H14N2O3/c1-10(5-8(12)13)4-6-7(11)2-3-9-6/h6,9H,2-5H2,1H3,(H,12,13). The molecule has 0 saturated carbocycles. The number of carboxylic acid groups (broad SMARTS) is 1. The van der Waals surface area contributed by atoms with Crippen molar-refractivity contribution in [1.29, 1.82) is 0 Å². The van der Waals surface area contributed by atoms with Gasteiger partial charge in [0.25, 0.3) is 0 Å². The van der Waals surface area contributed by atoms with Crippen molar-refractivity contribution in [2.24, 2.45) is 0 Å². The van der Waals surface area contributed by atoms with Gasteiger partial charge in [0.1, 0.15) is 0 Å². The molecule has 5 heteroatoms. The molecule has 1 aliphatic rings. The number of aliphatic carboxylic acids is 1. The zero-order valence-corrected chi connectivity index (χ0v) is 7.62. The molecule has 74 valence electrons.